The first-order valence-electron chi connectivity index (χ1n) is 6.47. The van der Waals surface area contributed by atoms with E-state index in [-0.39, 0.29) is 11.3 Å². The lowest BCUT2D eigenvalue weighted by atomic mass is 9.98. The highest BCUT2D eigenvalue weighted by atomic mass is 35.5. The van der Waals surface area contributed by atoms with E-state index >= 15 is 0 Å². The van der Waals surface area contributed by atoms with Crippen LogP contribution in [0.25, 0.3) is 11.1 Å². The molecule has 0 fully saturated rings. The molecule has 22 heavy (non-hydrogen) atoms. The summed E-state index contributed by atoms with van der Waals surface area (Å²) in [6.45, 7) is 1.85. The van der Waals surface area contributed by atoms with E-state index in [2.05, 4.69) is 4.98 Å². The molecule has 0 radical (unpaired) electrons. The summed E-state index contributed by atoms with van der Waals surface area (Å²) in [5.74, 6) is 0.719. The highest BCUT2D eigenvalue weighted by molar-refractivity contribution is 6.30. The van der Waals surface area contributed by atoms with Crippen LogP contribution in [0.3, 0.4) is 0 Å². The summed E-state index contributed by atoms with van der Waals surface area (Å²) in [6, 6.07) is 8.39. The van der Waals surface area contributed by atoms with E-state index in [0.717, 1.165) is 5.56 Å². The topological polar surface area (TPSA) is 82.3 Å². The van der Waals surface area contributed by atoms with Gasteiger partial charge in [-0.3, -0.25) is 9.59 Å². The fraction of sp³-hybridized carbons (Fsp3) is 0.0625. The van der Waals surface area contributed by atoms with Crippen LogP contribution in [-0.2, 0) is 0 Å². The van der Waals surface area contributed by atoms with E-state index in [1.807, 2.05) is 13.0 Å². The molecule has 6 heteroatoms. The van der Waals surface area contributed by atoms with E-state index in [4.69, 9.17) is 22.1 Å². The molecule has 3 aromatic rings. The third-order valence-corrected chi connectivity index (χ3v) is 3.56. The Morgan fingerprint density at radius 3 is 2.64 bits per heavy atom. The van der Waals surface area contributed by atoms with E-state index in [0.29, 0.717) is 22.2 Å². The molecule has 0 saturated carbocycles. The second-order valence-electron chi connectivity index (χ2n) is 4.81. The molecule has 2 aromatic carbocycles. The van der Waals surface area contributed by atoms with Gasteiger partial charge in [0, 0.05) is 28.4 Å². The van der Waals surface area contributed by atoms with Crippen molar-refractivity contribution < 1.29 is 4.74 Å². The first-order chi connectivity index (χ1) is 10.5. The van der Waals surface area contributed by atoms with E-state index in [1.54, 1.807) is 30.5 Å². The molecule has 2 N–H and O–H groups in total. The number of hydrogen-bond acceptors (Lipinski definition) is 5. The Morgan fingerprint density at radius 1 is 1.18 bits per heavy atom. The summed E-state index contributed by atoms with van der Waals surface area (Å²) in [4.78, 5) is 27.2. The maximum absolute atomic E-state index is 11.7. The van der Waals surface area contributed by atoms with Gasteiger partial charge in [0.15, 0.2) is 0 Å². The normalized spacial score (nSPS) is 10.8. The number of aromatic nitrogens is 1. The van der Waals surface area contributed by atoms with Crippen molar-refractivity contribution in [2.75, 3.05) is 5.73 Å². The maximum Gasteiger partial charge on any atom is 0.249 e. The molecule has 110 valence electrons. The minimum Gasteiger partial charge on any atom is -0.438 e. The number of rotatable bonds is 3. The van der Waals surface area contributed by atoms with E-state index < -0.39 is 10.9 Å². The lowest BCUT2D eigenvalue weighted by Crippen LogP contribution is -2.35. The Hall–Kier alpha value is -2.66. The van der Waals surface area contributed by atoms with Crippen LogP contribution in [0.2, 0.25) is 5.02 Å². The van der Waals surface area contributed by atoms with Crippen LogP contribution in [0.1, 0.15) is 5.56 Å². The first-order valence-corrected chi connectivity index (χ1v) is 6.85. The fourth-order valence-corrected chi connectivity index (χ4v) is 2.31. The zero-order valence-corrected chi connectivity index (χ0v) is 12.3. The van der Waals surface area contributed by atoms with Crippen molar-refractivity contribution in [3.05, 3.63) is 67.6 Å². The number of anilines is 1. The summed E-state index contributed by atoms with van der Waals surface area (Å²) in [5, 5.41) is 0.435. The molecule has 3 rings (SSSR count). The van der Waals surface area contributed by atoms with Crippen LogP contribution in [0, 0.1) is 6.92 Å². The minimum atomic E-state index is -0.676. The Labute approximate surface area is 130 Å². The molecular weight excluding hydrogens is 304 g/mol. The van der Waals surface area contributed by atoms with E-state index in [1.165, 1.54) is 0 Å². The average Bonchev–Trinajstić information content (AvgIpc) is 2.51. The summed E-state index contributed by atoms with van der Waals surface area (Å²) in [6.07, 6.45) is 1.60. The molecule has 0 bridgehead atoms. The highest BCUT2D eigenvalue weighted by Crippen LogP contribution is 2.36. The minimum absolute atomic E-state index is 0.0603. The van der Waals surface area contributed by atoms with Crippen molar-refractivity contribution >= 4 is 17.3 Å². The molecule has 0 amide bonds. The van der Waals surface area contributed by atoms with E-state index in [9.17, 15) is 9.59 Å². The Balaban J connectivity index is 2.12. The summed E-state index contributed by atoms with van der Waals surface area (Å²) < 4.78 is 5.76. The molecule has 1 heterocycles. The van der Waals surface area contributed by atoms with Gasteiger partial charge in [-0.25, -0.2) is 4.98 Å². The number of hydrogen-bond donors (Lipinski definition) is 1. The van der Waals surface area contributed by atoms with Crippen LogP contribution in [0.5, 0.6) is 11.6 Å². The zero-order valence-electron chi connectivity index (χ0n) is 11.6. The molecule has 1 aromatic heterocycles. The van der Waals surface area contributed by atoms with Crippen LogP contribution in [0.4, 0.5) is 5.69 Å². The molecule has 0 aliphatic heterocycles. The Kier molecular flexibility index (Phi) is 3.42. The molecule has 0 aliphatic rings. The predicted octanol–water partition coefficient (Wildman–Crippen LogP) is 2.68. The van der Waals surface area contributed by atoms with Gasteiger partial charge in [0.1, 0.15) is 5.75 Å². The van der Waals surface area contributed by atoms with Crippen molar-refractivity contribution in [1.29, 1.82) is 0 Å². The van der Waals surface area contributed by atoms with Crippen LogP contribution in [-0.4, -0.2) is 4.98 Å². The average molecular weight is 315 g/mol. The molecule has 0 saturated heterocycles. The van der Waals surface area contributed by atoms with Gasteiger partial charge in [0.25, 0.3) is 0 Å². The SMILES string of the molecule is Cc1cccnc1Oc1cc(Cl)ccc1-c1c(N)c(=O)c1=O. The number of benzene rings is 1. The second-order valence-corrected chi connectivity index (χ2v) is 5.25. The Morgan fingerprint density at radius 2 is 1.95 bits per heavy atom. The summed E-state index contributed by atoms with van der Waals surface area (Å²) in [7, 11) is 0. The van der Waals surface area contributed by atoms with Gasteiger partial charge in [-0.15, -0.1) is 0 Å². The van der Waals surface area contributed by atoms with Gasteiger partial charge in [-0.2, -0.15) is 0 Å². The monoisotopic (exact) mass is 314 g/mol. The highest BCUT2D eigenvalue weighted by Gasteiger charge is 2.23. The van der Waals surface area contributed by atoms with Crippen molar-refractivity contribution in [3.8, 4) is 22.8 Å². The maximum atomic E-state index is 11.7. The smallest absolute Gasteiger partial charge is 0.249 e. The molecule has 0 unspecified atom stereocenters. The Bertz CT molecular complexity index is 943. The van der Waals surface area contributed by atoms with Crippen molar-refractivity contribution in [2.24, 2.45) is 0 Å². The van der Waals surface area contributed by atoms with Crippen LogP contribution < -0.4 is 21.3 Å². The van der Waals surface area contributed by atoms with Gasteiger partial charge in [0.2, 0.25) is 16.7 Å². The quantitative estimate of drug-likeness (QED) is 0.752. The number of ether oxygens (including phenoxy) is 1. The number of aryl methyl sites for hydroxylation is 1. The van der Waals surface area contributed by atoms with Gasteiger partial charge >= 0.3 is 0 Å². The van der Waals surface area contributed by atoms with Crippen LogP contribution >= 0.6 is 11.6 Å². The van der Waals surface area contributed by atoms with Gasteiger partial charge in [-0.05, 0) is 25.1 Å². The standard InChI is InChI=1S/C16H11ClN2O3/c1-8-3-2-6-19-16(8)22-11-7-9(17)4-5-10(11)12-13(18)15(21)14(12)20/h2-7H,18H2,1H3. The predicted molar refractivity (Wildman–Crippen MR) is 85.3 cm³/mol. The van der Waals surface area contributed by atoms with Crippen LogP contribution in [0.15, 0.2) is 46.1 Å². The number of pyridine rings is 1. The van der Waals surface area contributed by atoms with Gasteiger partial charge < -0.3 is 10.5 Å². The van der Waals surface area contributed by atoms with Gasteiger partial charge in [-0.1, -0.05) is 17.7 Å². The molecule has 5 nitrogen and oxygen atoms in total. The molecular formula is C16H11ClN2O3. The number of nitrogen functional groups attached to an aromatic ring is 1. The number of nitrogens with two attached hydrogens (primary N) is 1. The van der Waals surface area contributed by atoms with Crippen molar-refractivity contribution in [3.63, 3.8) is 0 Å². The summed E-state index contributed by atoms with van der Waals surface area (Å²) >= 11 is 5.99. The largest absolute Gasteiger partial charge is 0.438 e. The zero-order chi connectivity index (χ0) is 15.9. The third-order valence-electron chi connectivity index (χ3n) is 3.33. The molecule has 0 atom stereocenters. The van der Waals surface area contributed by atoms with Crippen molar-refractivity contribution in [1.82, 2.24) is 4.98 Å². The first kappa shape index (κ1) is 14.3. The summed E-state index contributed by atoms with van der Waals surface area (Å²) in [5.41, 5.74) is 5.68. The van der Waals surface area contributed by atoms with Crippen molar-refractivity contribution in [2.45, 2.75) is 6.92 Å². The second kappa shape index (κ2) is 5.27. The third kappa shape index (κ3) is 2.25. The fourth-order valence-electron chi connectivity index (χ4n) is 2.15. The lowest BCUT2D eigenvalue weighted by molar-refractivity contribution is 0.460. The number of halogens is 1. The molecule has 0 spiro atoms. The molecule has 0 aliphatic carbocycles. The van der Waals surface area contributed by atoms with Gasteiger partial charge in [0.05, 0.1) is 11.3 Å². The lowest BCUT2D eigenvalue weighted by Gasteiger charge is -2.14. The number of nitrogens with zero attached hydrogens (tertiary/aromatic N) is 1.